The minimum atomic E-state index is 0.0410. The summed E-state index contributed by atoms with van der Waals surface area (Å²) in [5, 5.41) is 2.98. The second-order valence-electron chi connectivity index (χ2n) is 5.44. The number of hydrogen-bond donors (Lipinski definition) is 2. The first-order valence-corrected chi connectivity index (χ1v) is 8.14. The average Bonchev–Trinajstić information content (AvgIpc) is 2.89. The zero-order valence-corrected chi connectivity index (χ0v) is 14.0. The van der Waals surface area contributed by atoms with Gasteiger partial charge < -0.3 is 11.1 Å². The number of nitrogens with zero attached hydrogens (tertiary/aromatic N) is 1. The van der Waals surface area contributed by atoms with Gasteiger partial charge in [0.05, 0.1) is 12.2 Å². The Kier molecular flexibility index (Phi) is 5.80. The molecule has 20 heavy (non-hydrogen) atoms. The van der Waals surface area contributed by atoms with Gasteiger partial charge in [-0.05, 0) is 67.1 Å². The first-order valence-electron chi connectivity index (χ1n) is 7.06. The highest BCUT2D eigenvalue weighted by Gasteiger charge is 2.30. The second-order valence-corrected chi connectivity index (χ2v) is 6.60. The molecule has 2 rings (SSSR count). The lowest BCUT2D eigenvalue weighted by molar-refractivity contribution is -0.117. The van der Waals surface area contributed by atoms with Crippen LogP contribution >= 0.6 is 22.6 Å². The van der Waals surface area contributed by atoms with Crippen LogP contribution in [0.5, 0.6) is 0 Å². The summed E-state index contributed by atoms with van der Waals surface area (Å²) >= 11 is 2.23. The number of hydrogen-bond acceptors (Lipinski definition) is 3. The van der Waals surface area contributed by atoms with Crippen molar-refractivity contribution in [3.8, 4) is 0 Å². The molecule has 110 valence electrons. The summed E-state index contributed by atoms with van der Waals surface area (Å²) in [6.07, 6.45) is 3.55. The number of amides is 1. The molecule has 1 aromatic carbocycles. The van der Waals surface area contributed by atoms with Crippen LogP contribution < -0.4 is 11.1 Å². The predicted octanol–water partition coefficient (Wildman–Crippen LogP) is 2.29. The molecule has 1 aliphatic rings. The Hall–Kier alpha value is -0.660. The number of likely N-dealkylation sites (N-methyl/N-ethyl adjacent to an activating group) is 1. The van der Waals surface area contributed by atoms with Crippen molar-refractivity contribution in [2.24, 2.45) is 11.7 Å². The van der Waals surface area contributed by atoms with Crippen molar-refractivity contribution in [3.63, 3.8) is 0 Å². The molecule has 1 fully saturated rings. The van der Waals surface area contributed by atoms with Gasteiger partial charge in [-0.3, -0.25) is 9.69 Å². The second kappa shape index (κ2) is 7.38. The molecule has 2 unspecified atom stereocenters. The van der Waals surface area contributed by atoms with Crippen LogP contribution in [0.1, 0.15) is 19.3 Å². The third-order valence-electron chi connectivity index (χ3n) is 4.03. The third kappa shape index (κ3) is 3.93. The summed E-state index contributed by atoms with van der Waals surface area (Å²) in [7, 11) is 2.02. The minimum absolute atomic E-state index is 0.0410. The van der Waals surface area contributed by atoms with E-state index in [-0.39, 0.29) is 5.91 Å². The van der Waals surface area contributed by atoms with Crippen molar-refractivity contribution in [3.05, 3.63) is 27.8 Å². The maximum absolute atomic E-state index is 12.1. The quantitative estimate of drug-likeness (QED) is 0.763. The van der Waals surface area contributed by atoms with Crippen LogP contribution in [0.4, 0.5) is 5.69 Å². The molecule has 0 radical (unpaired) electrons. The summed E-state index contributed by atoms with van der Waals surface area (Å²) in [6.45, 7) is 1.14. The molecule has 5 heteroatoms. The highest BCUT2D eigenvalue weighted by atomic mass is 127. The fourth-order valence-corrected chi connectivity index (χ4v) is 3.49. The number of anilines is 1. The third-order valence-corrected chi connectivity index (χ3v) is 4.97. The Morgan fingerprint density at radius 3 is 2.90 bits per heavy atom. The van der Waals surface area contributed by atoms with Gasteiger partial charge in [0.1, 0.15) is 0 Å². The van der Waals surface area contributed by atoms with Crippen molar-refractivity contribution in [2.45, 2.75) is 25.3 Å². The summed E-state index contributed by atoms with van der Waals surface area (Å²) < 4.78 is 1.06. The molecule has 3 N–H and O–H groups in total. The molecule has 4 nitrogen and oxygen atoms in total. The fraction of sp³-hybridized carbons (Fsp3) is 0.533. The number of benzene rings is 1. The van der Waals surface area contributed by atoms with E-state index in [9.17, 15) is 4.79 Å². The zero-order valence-electron chi connectivity index (χ0n) is 11.8. The van der Waals surface area contributed by atoms with Gasteiger partial charge in [-0.1, -0.05) is 18.6 Å². The SMILES string of the molecule is CN(CC(=O)Nc1ccccc1I)C1CCCC1CN. The van der Waals surface area contributed by atoms with E-state index >= 15 is 0 Å². The normalized spacial score (nSPS) is 22.2. The summed E-state index contributed by atoms with van der Waals surface area (Å²) in [5.74, 6) is 0.573. The van der Waals surface area contributed by atoms with Gasteiger partial charge in [0.2, 0.25) is 5.91 Å². The van der Waals surface area contributed by atoms with Crippen LogP contribution in [0, 0.1) is 9.49 Å². The van der Waals surface area contributed by atoms with Crippen molar-refractivity contribution < 1.29 is 4.79 Å². The first kappa shape index (κ1) is 15.7. The molecule has 1 aliphatic carbocycles. The van der Waals surface area contributed by atoms with Crippen LogP contribution in [-0.4, -0.2) is 37.0 Å². The molecule has 0 aliphatic heterocycles. The van der Waals surface area contributed by atoms with E-state index < -0.39 is 0 Å². The predicted molar refractivity (Wildman–Crippen MR) is 90.6 cm³/mol. The number of carbonyl (C=O) groups is 1. The van der Waals surface area contributed by atoms with Crippen LogP contribution in [0.2, 0.25) is 0 Å². The van der Waals surface area contributed by atoms with E-state index in [2.05, 4.69) is 32.8 Å². The number of carbonyl (C=O) groups excluding carboxylic acids is 1. The molecule has 1 aromatic rings. The molecule has 1 saturated carbocycles. The highest BCUT2D eigenvalue weighted by Crippen LogP contribution is 2.28. The largest absolute Gasteiger partial charge is 0.330 e. The Morgan fingerprint density at radius 1 is 1.45 bits per heavy atom. The molecule has 0 bridgehead atoms. The maximum Gasteiger partial charge on any atom is 0.238 e. The van der Waals surface area contributed by atoms with Crippen LogP contribution in [-0.2, 0) is 4.79 Å². The number of nitrogens with one attached hydrogen (secondary N) is 1. The molecular formula is C15H22IN3O. The van der Waals surface area contributed by atoms with Gasteiger partial charge in [0.25, 0.3) is 0 Å². The molecule has 2 atom stereocenters. The Morgan fingerprint density at radius 2 is 2.20 bits per heavy atom. The molecule has 0 heterocycles. The summed E-state index contributed by atoms with van der Waals surface area (Å²) in [6, 6.07) is 8.26. The van der Waals surface area contributed by atoms with Crippen molar-refractivity contribution in [1.82, 2.24) is 4.90 Å². The van der Waals surface area contributed by atoms with E-state index in [0.717, 1.165) is 15.7 Å². The van der Waals surface area contributed by atoms with Crippen molar-refractivity contribution in [1.29, 1.82) is 0 Å². The van der Waals surface area contributed by atoms with Gasteiger partial charge in [-0.25, -0.2) is 0 Å². The first-order chi connectivity index (χ1) is 9.61. The van der Waals surface area contributed by atoms with Crippen LogP contribution in [0.15, 0.2) is 24.3 Å². The smallest absolute Gasteiger partial charge is 0.238 e. The molecule has 0 aromatic heterocycles. The van der Waals surface area contributed by atoms with Gasteiger partial charge >= 0.3 is 0 Å². The monoisotopic (exact) mass is 387 g/mol. The Balaban J connectivity index is 1.90. The number of halogens is 1. The topological polar surface area (TPSA) is 58.4 Å². The highest BCUT2D eigenvalue weighted by molar-refractivity contribution is 14.1. The summed E-state index contributed by atoms with van der Waals surface area (Å²) in [5.41, 5.74) is 6.69. The van der Waals surface area contributed by atoms with Gasteiger partial charge in [0.15, 0.2) is 0 Å². The fourth-order valence-electron chi connectivity index (χ4n) is 2.97. The zero-order chi connectivity index (χ0) is 14.5. The van der Waals surface area contributed by atoms with E-state index in [0.29, 0.717) is 25.0 Å². The standard InChI is InChI=1S/C15H22IN3O/c1-19(14-8-4-5-11(14)9-17)10-15(20)18-13-7-3-2-6-12(13)16/h2-3,6-7,11,14H,4-5,8-10,17H2,1H3,(H,18,20). The van der Waals surface area contributed by atoms with Gasteiger partial charge in [-0.2, -0.15) is 0 Å². The van der Waals surface area contributed by atoms with E-state index in [1.165, 1.54) is 12.8 Å². The molecule has 0 spiro atoms. The lowest BCUT2D eigenvalue weighted by atomic mass is 10.0. The molecule has 0 saturated heterocycles. The number of nitrogens with two attached hydrogens (primary N) is 1. The van der Waals surface area contributed by atoms with Gasteiger partial charge in [-0.15, -0.1) is 0 Å². The van der Waals surface area contributed by atoms with Crippen molar-refractivity contribution >= 4 is 34.2 Å². The van der Waals surface area contributed by atoms with E-state index in [1.54, 1.807) is 0 Å². The maximum atomic E-state index is 12.1. The lowest BCUT2D eigenvalue weighted by Gasteiger charge is -2.28. The number of rotatable bonds is 5. The van der Waals surface area contributed by atoms with Crippen LogP contribution in [0.3, 0.4) is 0 Å². The Bertz CT molecular complexity index is 466. The van der Waals surface area contributed by atoms with Gasteiger partial charge in [0, 0.05) is 9.61 Å². The molecule has 1 amide bonds. The van der Waals surface area contributed by atoms with Crippen LogP contribution in [0.25, 0.3) is 0 Å². The molecular weight excluding hydrogens is 365 g/mol. The Labute approximate surface area is 134 Å². The minimum Gasteiger partial charge on any atom is -0.330 e. The summed E-state index contributed by atoms with van der Waals surface area (Å²) in [4.78, 5) is 14.3. The average molecular weight is 387 g/mol. The lowest BCUT2D eigenvalue weighted by Crippen LogP contribution is -2.41. The van der Waals surface area contributed by atoms with Crippen molar-refractivity contribution in [2.75, 3.05) is 25.5 Å². The number of para-hydroxylation sites is 1. The van der Waals surface area contributed by atoms with E-state index in [1.807, 2.05) is 31.3 Å². The van der Waals surface area contributed by atoms with E-state index in [4.69, 9.17) is 5.73 Å².